The van der Waals surface area contributed by atoms with Gasteiger partial charge in [-0.05, 0) is 49.2 Å². The van der Waals surface area contributed by atoms with Gasteiger partial charge in [-0.1, -0.05) is 45.2 Å². The number of rotatable bonds is 6. The third kappa shape index (κ3) is 5.28. The molecule has 3 rings (SSSR count). The second kappa shape index (κ2) is 9.13. The van der Waals surface area contributed by atoms with Gasteiger partial charge in [0, 0.05) is 27.6 Å². The Labute approximate surface area is 161 Å². The Hall–Kier alpha value is -1.94. The van der Waals surface area contributed by atoms with E-state index in [-0.39, 0.29) is 5.91 Å². The fourth-order valence-electron chi connectivity index (χ4n) is 3.34. The number of nitrogens with one attached hydrogen (secondary N) is 2. The third-order valence-electron chi connectivity index (χ3n) is 4.61. The molecule has 1 fully saturated rings. The van der Waals surface area contributed by atoms with Crippen molar-refractivity contribution >= 4 is 29.0 Å². The van der Waals surface area contributed by atoms with Crippen LogP contribution in [0.25, 0.3) is 0 Å². The topological polar surface area (TPSA) is 41.1 Å². The Bertz CT molecular complexity index is 721. The van der Waals surface area contributed by atoms with Crippen LogP contribution in [0.3, 0.4) is 0 Å². The lowest BCUT2D eigenvalue weighted by atomic mass is 9.95. The highest BCUT2D eigenvalue weighted by molar-refractivity contribution is 8.00. The van der Waals surface area contributed by atoms with Gasteiger partial charge in [-0.15, -0.1) is 11.8 Å². The Balaban J connectivity index is 1.63. The van der Waals surface area contributed by atoms with Crippen molar-refractivity contribution in [1.82, 2.24) is 0 Å². The monoisotopic (exact) mass is 368 g/mol. The molecule has 1 aliphatic rings. The van der Waals surface area contributed by atoms with E-state index in [9.17, 15) is 4.79 Å². The van der Waals surface area contributed by atoms with E-state index in [0.717, 1.165) is 21.8 Å². The summed E-state index contributed by atoms with van der Waals surface area (Å²) < 4.78 is 0. The van der Waals surface area contributed by atoms with Gasteiger partial charge in [0.1, 0.15) is 0 Å². The maximum atomic E-state index is 12.7. The molecule has 4 heteroatoms. The molecule has 1 aliphatic carbocycles. The Kier molecular flexibility index (Phi) is 6.62. The van der Waals surface area contributed by atoms with E-state index in [0.29, 0.717) is 11.3 Å². The average Bonchev–Trinajstić information content (AvgIpc) is 2.64. The number of hydrogen-bond acceptors (Lipinski definition) is 3. The van der Waals surface area contributed by atoms with Crippen molar-refractivity contribution in [2.24, 2.45) is 0 Å². The van der Waals surface area contributed by atoms with Crippen molar-refractivity contribution < 1.29 is 4.79 Å². The molecule has 0 heterocycles. The Morgan fingerprint density at radius 1 is 0.962 bits per heavy atom. The number of benzene rings is 2. The smallest absolute Gasteiger partial charge is 0.256 e. The summed E-state index contributed by atoms with van der Waals surface area (Å²) in [6.45, 7) is 4.27. The number of hydrogen-bond donors (Lipinski definition) is 2. The molecule has 0 aromatic heterocycles. The molecule has 138 valence electrons. The van der Waals surface area contributed by atoms with Crippen molar-refractivity contribution in [3.63, 3.8) is 0 Å². The van der Waals surface area contributed by atoms with Crippen molar-refractivity contribution in [2.45, 2.75) is 62.1 Å². The van der Waals surface area contributed by atoms with E-state index in [4.69, 9.17) is 0 Å². The average molecular weight is 369 g/mol. The Morgan fingerprint density at radius 2 is 1.62 bits per heavy atom. The summed E-state index contributed by atoms with van der Waals surface area (Å²) in [5.74, 6) is -0.0539. The number of thioether (sulfide) groups is 1. The second-order valence-electron chi connectivity index (χ2n) is 7.17. The largest absolute Gasteiger partial charge is 0.382 e. The molecule has 0 aliphatic heterocycles. The van der Waals surface area contributed by atoms with Gasteiger partial charge in [0.05, 0.1) is 5.56 Å². The molecule has 1 amide bonds. The van der Waals surface area contributed by atoms with Gasteiger partial charge in [0.2, 0.25) is 0 Å². The van der Waals surface area contributed by atoms with Crippen LogP contribution < -0.4 is 10.6 Å². The second-order valence-corrected chi connectivity index (χ2v) is 8.79. The van der Waals surface area contributed by atoms with Gasteiger partial charge >= 0.3 is 0 Å². The number of carbonyl (C=O) groups is 1. The molecule has 2 N–H and O–H groups in total. The van der Waals surface area contributed by atoms with Gasteiger partial charge in [0.25, 0.3) is 5.91 Å². The van der Waals surface area contributed by atoms with E-state index in [1.165, 1.54) is 32.1 Å². The lowest BCUT2D eigenvalue weighted by Gasteiger charge is -2.24. The number of anilines is 2. The molecule has 0 bridgehead atoms. The van der Waals surface area contributed by atoms with Crippen LogP contribution in [0.1, 0.15) is 56.3 Å². The zero-order valence-electron chi connectivity index (χ0n) is 15.6. The standard InChI is InChI=1S/C22H28N2OS/c1-16(2)26-21-11-7-6-10-20(21)22(25)24-19-14-12-18(13-15-19)23-17-8-4-3-5-9-17/h6-7,10-17,23H,3-5,8-9H2,1-2H3,(H,24,25). The predicted octanol–water partition coefficient (Wildman–Crippen LogP) is 6.18. The zero-order chi connectivity index (χ0) is 18.4. The summed E-state index contributed by atoms with van der Waals surface area (Å²) in [5, 5.41) is 7.07. The van der Waals surface area contributed by atoms with E-state index in [2.05, 4.69) is 36.6 Å². The fourth-order valence-corrected chi connectivity index (χ4v) is 4.29. The lowest BCUT2D eigenvalue weighted by molar-refractivity contribution is 0.102. The van der Waals surface area contributed by atoms with Crippen molar-refractivity contribution in [2.75, 3.05) is 10.6 Å². The van der Waals surface area contributed by atoms with Crippen LogP contribution in [-0.4, -0.2) is 17.2 Å². The normalized spacial score (nSPS) is 15.0. The highest BCUT2D eigenvalue weighted by Crippen LogP contribution is 2.27. The van der Waals surface area contributed by atoms with Gasteiger partial charge < -0.3 is 10.6 Å². The maximum Gasteiger partial charge on any atom is 0.256 e. The van der Waals surface area contributed by atoms with E-state index in [1.54, 1.807) is 11.8 Å². The molecule has 0 radical (unpaired) electrons. The molecule has 0 atom stereocenters. The molecule has 0 spiro atoms. The molecule has 2 aromatic rings. The molecular formula is C22H28N2OS. The van der Waals surface area contributed by atoms with Crippen molar-refractivity contribution in [1.29, 1.82) is 0 Å². The highest BCUT2D eigenvalue weighted by atomic mass is 32.2. The molecule has 26 heavy (non-hydrogen) atoms. The third-order valence-corrected chi connectivity index (χ3v) is 5.69. The first-order chi connectivity index (χ1) is 12.6. The molecule has 1 saturated carbocycles. The summed E-state index contributed by atoms with van der Waals surface area (Å²) in [4.78, 5) is 13.7. The summed E-state index contributed by atoms with van der Waals surface area (Å²) in [7, 11) is 0. The van der Waals surface area contributed by atoms with Crippen LogP contribution in [0.5, 0.6) is 0 Å². The van der Waals surface area contributed by atoms with Crippen LogP contribution in [-0.2, 0) is 0 Å². The molecule has 2 aromatic carbocycles. The molecule has 3 nitrogen and oxygen atoms in total. The minimum absolute atomic E-state index is 0.0539. The molecule has 0 unspecified atom stereocenters. The highest BCUT2D eigenvalue weighted by Gasteiger charge is 2.14. The van der Waals surface area contributed by atoms with Crippen LogP contribution in [0.2, 0.25) is 0 Å². The first-order valence-electron chi connectivity index (χ1n) is 9.55. The number of amides is 1. The van der Waals surface area contributed by atoms with E-state index in [1.807, 2.05) is 36.4 Å². The lowest BCUT2D eigenvalue weighted by Crippen LogP contribution is -2.22. The van der Waals surface area contributed by atoms with Gasteiger partial charge in [0.15, 0.2) is 0 Å². The minimum atomic E-state index is -0.0539. The maximum absolute atomic E-state index is 12.7. The van der Waals surface area contributed by atoms with Gasteiger partial charge in [-0.3, -0.25) is 4.79 Å². The first kappa shape index (κ1) is 18.8. The molecular weight excluding hydrogens is 340 g/mol. The Morgan fingerprint density at radius 3 is 2.31 bits per heavy atom. The van der Waals surface area contributed by atoms with Crippen LogP contribution in [0.4, 0.5) is 11.4 Å². The van der Waals surface area contributed by atoms with Crippen LogP contribution in [0.15, 0.2) is 53.4 Å². The summed E-state index contributed by atoms with van der Waals surface area (Å²) >= 11 is 1.71. The fraction of sp³-hybridized carbons (Fsp3) is 0.409. The van der Waals surface area contributed by atoms with Crippen molar-refractivity contribution in [3.05, 3.63) is 54.1 Å². The van der Waals surface area contributed by atoms with Gasteiger partial charge in [-0.25, -0.2) is 0 Å². The summed E-state index contributed by atoms with van der Waals surface area (Å²) in [6, 6.07) is 16.4. The minimum Gasteiger partial charge on any atom is -0.382 e. The first-order valence-corrected chi connectivity index (χ1v) is 10.4. The van der Waals surface area contributed by atoms with Gasteiger partial charge in [-0.2, -0.15) is 0 Å². The van der Waals surface area contributed by atoms with E-state index >= 15 is 0 Å². The SMILES string of the molecule is CC(C)Sc1ccccc1C(=O)Nc1ccc(NC2CCCCC2)cc1. The van der Waals surface area contributed by atoms with E-state index < -0.39 is 0 Å². The number of carbonyl (C=O) groups excluding carboxylic acids is 1. The zero-order valence-corrected chi connectivity index (χ0v) is 16.4. The van der Waals surface area contributed by atoms with Crippen molar-refractivity contribution in [3.8, 4) is 0 Å². The van der Waals surface area contributed by atoms with Crippen LogP contribution >= 0.6 is 11.8 Å². The summed E-state index contributed by atoms with van der Waals surface area (Å²) in [5.41, 5.74) is 2.69. The van der Waals surface area contributed by atoms with Crippen LogP contribution in [0, 0.1) is 0 Å². The summed E-state index contributed by atoms with van der Waals surface area (Å²) in [6.07, 6.45) is 6.50. The predicted molar refractivity (Wildman–Crippen MR) is 112 cm³/mol. The molecule has 0 saturated heterocycles. The quantitative estimate of drug-likeness (QED) is 0.598.